The molecule has 0 aliphatic heterocycles. The first-order valence-corrected chi connectivity index (χ1v) is 8.83. The van der Waals surface area contributed by atoms with Gasteiger partial charge in [0.15, 0.2) is 0 Å². The number of carbonyl (C=O) groups excluding carboxylic acids is 1. The Bertz CT molecular complexity index is 476. The third-order valence-corrected chi connectivity index (χ3v) is 3.90. The van der Waals surface area contributed by atoms with Crippen LogP contribution in [0.2, 0.25) is 0 Å². The first-order valence-electron chi connectivity index (χ1n) is 8.83. The number of nitrogens with one attached hydrogen (secondary N) is 1. The average molecular weight is 335 g/mol. The number of amides is 1. The van der Waals surface area contributed by atoms with Gasteiger partial charge in [0.05, 0.1) is 0 Å². The number of benzene rings is 1. The lowest BCUT2D eigenvalue weighted by molar-refractivity contribution is -0.139. The number of carboxylic acids is 1. The Morgan fingerprint density at radius 1 is 1.04 bits per heavy atom. The second-order valence-electron chi connectivity index (χ2n) is 6.01. The number of aliphatic carboxylic acids is 1. The zero-order chi connectivity index (χ0) is 17.6. The van der Waals surface area contributed by atoms with Gasteiger partial charge in [-0.25, -0.2) is 9.59 Å². The molecule has 0 saturated heterocycles. The van der Waals surface area contributed by atoms with Crippen LogP contribution in [0, 0.1) is 0 Å². The second-order valence-corrected chi connectivity index (χ2v) is 6.01. The van der Waals surface area contributed by atoms with Crippen molar-refractivity contribution in [1.29, 1.82) is 0 Å². The van der Waals surface area contributed by atoms with Crippen LogP contribution >= 0.6 is 0 Å². The number of carbonyl (C=O) groups is 2. The molecule has 1 rings (SSSR count). The first-order chi connectivity index (χ1) is 11.6. The summed E-state index contributed by atoms with van der Waals surface area (Å²) in [5.41, 5.74) is 0.867. The molecule has 24 heavy (non-hydrogen) atoms. The summed E-state index contributed by atoms with van der Waals surface area (Å²) < 4.78 is 5.07. The zero-order valence-corrected chi connectivity index (χ0v) is 14.5. The molecule has 1 aromatic carbocycles. The van der Waals surface area contributed by atoms with Crippen LogP contribution in [0.1, 0.15) is 63.9 Å². The van der Waals surface area contributed by atoms with E-state index in [-0.39, 0.29) is 6.61 Å². The summed E-state index contributed by atoms with van der Waals surface area (Å²) in [4.78, 5) is 23.0. The second kappa shape index (κ2) is 12.4. The fraction of sp³-hybridized carbons (Fsp3) is 0.579. The van der Waals surface area contributed by atoms with Crippen LogP contribution in [0.15, 0.2) is 30.3 Å². The smallest absolute Gasteiger partial charge is 0.408 e. The highest BCUT2D eigenvalue weighted by atomic mass is 16.5. The third-order valence-electron chi connectivity index (χ3n) is 3.90. The number of rotatable bonds is 12. The van der Waals surface area contributed by atoms with Gasteiger partial charge in [-0.05, 0) is 12.0 Å². The Balaban J connectivity index is 2.22. The number of unbranched alkanes of at least 4 members (excludes halogenated alkanes) is 6. The lowest BCUT2D eigenvalue weighted by Crippen LogP contribution is -2.40. The Labute approximate surface area is 144 Å². The van der Waals surface area contributed by atoms with E-state index in [1.54, 1.807) is 0 Å². The molecule has 0 aromatic heterocycles. The molecule has 2 N–H and O–H groups in total. The molecule has 0 heterocycles. The Hall–Kier alpha value is -2.04. The van der Waals surface area contributed by atoms with Gasteiger partial charge >= 0.3 is 12.1 Å². The van der Waals surface area contributed by atoms with Crippen LogP contribution in [0.25, 0.3) is 0 Å². The topological polar surface area (TPSA) is 75.6 Å². The molecule has 1 atom stereocenters. The predicted octanol–water partition coefficient (Wildman–Crippen LogP) is 4.51. The predicted molar refractivity (Wildman–Crippen MR) is 93.8 cm³/mol. The molecule has 1 unspecified atom stereocenters. The van der Waals surface area contributed by atoms with Crippen molar-refractivity contribution >= 4 is 12.1 Å². The maximum Gasteiger partial charge on any atom is 0.408 e. The minimum Gasteiger partial charge on any atom is -0.480 e. The van der Waals surface area contributed by atoms with Gasteiger partial charge in [-0.3, -0.25) is 0 Å². The van der Waals surface area contributed by atoms with Crippen LogP contribution < -0.4 is 5.32 Å². The van der Waals surface area contributed by atoms with Crippen LogP contribution in [-0.4, -0.2) is 23.2 Å². The van der Waals surface area contributed by atoms with Crippen molar-refractivity contribution in [1.82, 2.24) is 5.32 Å². The zero-order valence-electron chi connectivity index (χ0n) is 14.5. The summed E-state index contributed by atoms with van der Waals surface area (Å²) in [6, 6.07) is 8.41. The average Bonchev–Trinajstić information content (AvgIpc) is 2.59. The summed E-state index contributed by atoms with van der Waals surface area (Å²) in [7, 11) is 0. The van der Waals surface area contributed by atoms with Crippen LogP contribution in [0.5, 0.6) is 0 Å². The molecule has 0 spiro atoms. The molecule has 0 aliphatic carbocycles. The monoisotopic (exact) mass is 335 g/mol. The molecule has 0 saturated carbocycles. The maximum atomic E-state index is 11.7. The molecule has 5 heteroatoms. The number of carboxylic acid groups (broad SMARTS) is 1. The summed E-state index contributed by atoms with van der Waals surface area (Å²) in [5, 5.41) is 11.6. The number of hydrogen-bond acceptors (Lipinski definition) is 3. The molecule has 0 bridgehead atoms. The summed E-state index contributed by atoms with van der Waals surface area (Å²) in [5.74, 6) is -1.02. The van der Waals surface area contributed by atoms with Gasteiger partial charge in [-0.1, -0.05) is 82.2 Å². The van der Waals surface area contributed by atoms with E-state index in [1.165, 1.54) is 25.7 Å². The molecule has 0 aliphatic rings. The van der Waals surface area contributed by atoms with Crippen LogP contribution in [0.3, 0.4) is 0 Å². The van der Waals surface area contributed by atoms with Gasteiger partial charge in [0.25, 0.3) is 0 Å². The van der Waals surface area contributed by atoms with Gasteiger partial charge in [-0.2, -0.15) is 0 Å². The minimum absolute atomic E-state index is 0.135. The highest BCUT2D eigenvalue weighted by Crippen LogP contribution is 2.10. The molecule has 134 valence electrons. The highest BCUT2D eigenvalue weighted by molar-refractivity contribution is 5.79. The van der Waals surface area contributed by atoms with Crippen LogP contribution in [0.4, 0.5) is 4.79 Å². The number of alkyl carbamates (subject to hydrolysis) is 1. The SMILES string of the molecule is CCCCCCCCCC(NC(=O)OCc1ccccc1)C(=O)O. The maximum absolute atomic E-state index is 11.7. The van der Waals surface area contributed by atoms with E-state index in [0.29, 0.717) is 6.42 Å². The third kappa shape index (κ3) is 9.18. The van der Waals surface area contributed by atoms with Gasteiger partial charge in [0.1, 0.15) is 12.6 Å². The number of hydrogen-bond donors (Lipinski definition) is 2. The molecule has 5 nitrogen and oxygen atoms in total. The molecule has 1 aromatic rings. The minimum atomic E-state index is -1.02. The van der Waals surface area contributed by atoms with E-state index in [2.05, 4.69) is 12.2 Å². The van der Waals surface area contributed by atoms with E-state index >= 15 is 0 Å². The summed E-state index contributed by atoms with van der Waals surface area (Å²) >= 11 is 0. The van der Waals surface area contributed by atoms with E-state index in [9.17, 15) is 14.7 Å². The van der Waals surface area contributed by atoms with Crippen molar-refractivity contribution in [2.24, 2.45) is 0 Å². The van der Waals surface area contributed by atoms with Crippen molar-refractivity contribution in [2.75, 3.05) is 0 Å². The fourth-order valence-corrected chi connectivity index (χ4v) is 2.47. The lowest BCUT2D eigenvalue weighted by atomic mass is 10.1. The van der Waals surface area contributed by atoms with Crippen molar-refractivity contribution < 1.29 is 19.4 Å². The standard InChI is InChI=1S/C19H29NO4/c1-2-3-4-5-6-7-11-14-17(18(21)22)20-19(23)24-15-16-12-9-8-10-13-16/h8-10,12-13,17H,2-7,11,14-15H2,1H3,(H,20,23)(H,21,22). The van der Waals surface area contributed by atoms with Crippen molar-refractivity contribution in [3.8, 4) is 0 Å². The van der Waals surface area contributed by atoms with E-state index in [0.717, 1.165) is 24.8 Å². The lowest BCUT2D eigenvalue weighted by Gasteiger charge is -2.14. The molecule has 1 amide bonds. The Kier molecular flexibility index (Phi) is 10.3. The molecular weight excluding hydrogens is 306 g/mol. The van der Waals surface area contributed by atoms with Gasteiger partial charge < -0.3 is 15.2 Å². The Morgan fingerprint density at radius 3 is 2.29 bits per heavy atom. The highest BCUT2D eigenvalue weighted by Gasteiger charge is 2.20. The largest absolute Gasteiger partial charge is 0.480 e. The number of ether oxygens (including phenoxy) is 1. The van der Waals surface area contributed by atoms with Gasteiger partial charge in [0.2, 0.25) is 0 Å². The van der Waals surface area contributed by atoms with Crippen LogP contribution in [-0.2, 0) is 16.1 Å². The fourth-order valence-electron chi connectivity index (χ4n) is 2.47. The molecule has 0 fully saturated rings. The van der Waals surface area contributed by atoms with Crippen molar-refractivity contribution in [3.05, 3.63) is 35.9 Å². The van der Waals surface area contributed by atoms with Crippen molar-refractivity contribution in [3.63, 3.8) is 0 Å². The van der Waals surface area contributed by atoms with E-state index in [4.69, 9.17) is 4.74 Å². The quantitative estimate of drug-likeness (QED) is 0.551. The van der Waals surface area contributed by atoms with E-state index < -0.39 is 18.1 Å². The summed E-state index contributed by atoms with van der Waals surface area (Å²) in [6.45, 7) is 2.32. The molecular formula is C19H29NO4. The van der Waals surface area contributed by atoms with Crippen molar-refractivity contribution in [2.45, 2.75) is 70.9 Å². The summed E-state index contributed by atoms with van der Waals surface area (Å²) in [6.07, 6.45) is 7.56. The van der Waals surface area contributed by atoms with Gasteiger partial charge in [-0.15, -0.1) is 0 Å². The van der Waals surface area contributed by atoms with Gasteiger partial charge in [0, 0.05) is 0 Å². The normalized spacial score (nSPS) is 11.7. The van der Waals surface area contributed by atoms with E-state index in [1.807, 2.05) is 30.3 Å². The first kappa shape index (κ1) is 20.0. The Morgan fingerprint density at radius 2 is 1.67 bits per heavy atom. The molecule has 0 radical (unpaired) electrons.